The Hall–Kier alpha value is -1.84. The first-order chi connectivity index (χ1) is 11.7. The van der Waals surface area contributed by atoms with Gasteiger partial charge in [-0.3, -0.25) is 9.59 Å². The highest BCUT2D eigenvalue weighted by Crippen LogP contribution is 2.15. The van der Waals surface area contributed by atoms with Gasteiger partial charge in [-0.2, -0.15) is 0 Å². The van der Waals surface area contributed by atoms with Gasteiger partial charge in [0, 0.05) is 18.4 Å². The molecule has 0 bridgehead atoms. The summed E-state index contributed by atoms with van der Waals surface area (Å²) in [5.74, 6) is 0.805. The van der Waals surface area contributed by atoms with Crippen LogP contribution in [0.1, 0.15) is 75.6 Å². The topological polar surface area (TPSA) is 52.6 Å². The van der Waals surface area contributed by atoms with E-state index in [2.05, 4.69) is 6.92 Å². The molecule has 134 valence electrons. The van der Waals surface area contributed by atoms with E-state index in [1.807, 2.05) is 24.3 Å². The number of benzene rings is 1. The highest BCUT2D eigenvalue weighted by molar-refractivity contribution is 5.96. The van der Waals surface area contributed by atoms with Gasteiger partial charge in [0.1, 0.15) is 5.75 Å². The smallest absolute Gasteiger partial charge is 0.305 e. The molecule has 0 radical (unpaired) electrons. The van der Waals surface area contributed by atoms with E-state index in [1.165, 1.54) is 12.8 Å². The molecule has 0 amide bonds. The summed E-state index contributed by atoms with van der Waals surface area (Å²) < 4.78 is 10.5. The standard InChI is InChI=1S/C20H30O4/c1-3-5-9-16-24-18-14-12-17(13-15-18)19(21)10-7-6-8-11-20(22)23-4-2/h12-15H,3-11,16H2,1-2H3. The molecule has 1 aromatic rings. The molecule has 0 saturated carbocycles. The SMILES string of the molecule is CCCCCOc1ccc(C(=O)CCCCCC(=O)OCC)cc1. The highest BCUT2D eigenvalue weighted by atomic mass is 16.5. The number of ketones is 1. The lowest BCUT2D eigenvalue weighted by molar-refractivity contribution is -0.143. The molecule has 0 atom stereocenters. The van der Waals surface area contributed by atoms with Gasteiger partial charge in [-0.1, -0.05) is 26.2 Å². The van der Waals surface area contributed by atoms with E-state index in [1.54, 1.807) is 6.92 Å². The molecule has 0 spiro atoms. The normalized spacial score (nSPS) is 10.4. The Labute approximate surface area is 145 Å². The zero-order valence-electron chi connectivity index (χ0n) is 15.0. The van der Waals surface area contributed by atoms with E-state index < -0.39 is 0 Å². The van der Waals surface area contributed by atoms with E-state index >= 15 is 0 Å². The Balaban J connectivity index is 2.21. The van der Waals surface area contributed by atoms with Crippen molar-refractivity contribution in [2.24, 2.45) is 0 Å². The van der Waals surface area contributed by atoms with Crippen molar-refractivity contribution in [3.8, 4) is 5.75 Å². The molecule has 4 heteroatoms. The predicted octanol–water partition coefficient (Wildman–Crippen LogP) is 4.95. The molecule has 0 aliphatic heterocycles. The monoisotopic (exact) mass is 334 g/mol. The summed E-state index contributed by atoms with van der Waals surface area (Å²) in [6.45, 7) is 5.12. The number of Topliss-reactive ketones (excluding diaryl/α,β-unsaturated/α-hetero) is 1. The van der Waals surface area contributed by atoms with Gasteiger partial charge < -0.3 is 9.47 Å². The van der Waals surface area contributed by atoms with Crippen molar-refractivity contribution in [1.82, 2.24) is 0 Å². The Morgan fingerprint density at radius 2 is 1.58 bits per heavy atom. The number of hydrogen-bond donors (Lipinski definition) is 0. The van der Waals surface area contributed by atoms with Gasteiger partial charge >= 0.3 is 5.97 Å². The summed E-state index contributed by atoms with van der Waals surface area (Å²) in [6.07, 6.45) is 6.80. The lowest BCUT2D eigenvalue weighted by Crippen LogP contribution is -2.04. The van der Waals surface area contributed by atoms with E-state index in [9.17, 15) is 9.59 Å². The van der Waals surface area contributed by atoms with E-state index in [0.717, 1.165) is 43.6 Å². The van der Waals surface area contributed by atoms with Crippen LogP contribution >= 0.6 is 0 Å². The fourth-order valence-electron chi connectivity index (χ4n) is 2.39. The molecule has 0 aliphatic rings. The fraction of sp³-hybridized carbons (Fsp3) is 0.600. The molecule has 0 saturated heterocycles. The van der Waals surface area contributed by atoms with Crippen LogP contribution in [0.2, 0.25) is 0 Å². The molecule has 0 aliphatic carbocycles. The van der Waals surface area contributed by atoms with Crippen LogP contribution in [-0.4, -0.2) is 25.0 Å². The minimum Gasteiger partial charge on any atom is -0.494 e. The maximum absolute atomic E-state index is 12.1. The molecular formula is C20H30O4. The summed E-state index contributed by atoms with van der Waals surface area (Å²) in [6, 6.07) is 7.38. The molecular weight excluding hydrogens is 304 g/mol. The minimum atomic E-state index is -0.154. The second-order valence-electron chi connectivity index (χ2n) is 5.87. The lowest BCUT2D eigenvalue weighted by Gasteiger charge is -2.07. The van der Waals surface area contributed by atoms with Crippen molar-refractivity contribution >= 4 is 11.8 Å². The van der Waals surface area contributed by atoms with Crippen LogP contribution in [0.3, 0.4) is 0 Å². The summed E-state index contributed by atoms with van der Waals surface area (Å²) in [5, 5.41) is 0. The number of esters is 1. The van der Waals surface area contributed by atoms with Crippen LogP contribution in [0.4, 0.5) is 0 Å². The largest absolute Gasteiger partial charge is 0.494 e. The highest BCUT2D eigenvalue weighted by Gasteiger charge is 2.07. The molecule has 1 aromatic carbocycles. The van der Waals surface area contributed by atoms with Gasteiger partial charge in [0.15, 0.2) is 5.78 Å². The Morgan fingerprint density at radius 1 is 0.875 bits per heavy atom. The lowest BCUT2D eigenvalue weighted by atomic mass is 10.0. The third kappa shape index (κ3) is 8.70. The molecule has 0 fully saturated rings. The van der Waals surface area contributed by atoms with Crippen molar-refractivity contribution in [1.29, 1.82) is 0 Å². The van der Waals surface area contributed by atoms with Crippen LogP contribution in [0.5, 0.6) is 5.75 Å². The fourth-order valence-corrected chi connectivity index (χ4v) is 2.39. The Morgan fingerprint density at radius 3 is 2.25 bits per heavy atom. The second-order valence-corrected chi connectivity index (χ2v) is 5.87. The van der Waals surface area contributed by atoms with E-state index in [0.29, 0.717) is 19.4 Å². The number of rotatable bonds is 13. The van der Waals surface area contributed by atoms with Gasteiger partial charge in [-0.15, -0.1) is 0 Å². The molecule has 1 rings (SSSR count). The summed E-state index contributed by atoms with van der Waals surface area (Å²) in [4.78, 5) is 23.3. The number of ether oxygens (including phenoxy) is 2. The minimum absolute atomic E-state index is 0.142. The quantitative estimate of drug-likeness (QED) is 0.291. The van der Waals surface area contributed by atoms with Crippen molar-refractivity contribution in [2.45, 2.75) is 65.2 Å². The first-order valence-electron chi connectivity index (χ1n) is 9.09. The molecule has 4 nitrogen and oxygen atoms in total. The zero-order valence-corrected chi connectivity index (χ0v) is 15.0. The molecule has 0 N–H and O–H groups in total. The number of carbonyl (C=O) groups is 2. The summed E-state index contributed by atoms with van der Waals surface area (Å²) >= 11 is 0. The molecule has 0 unspecified atom stereocenters. The van der Waals surface area contributed by atoms with Crippen molar-refractivity contribution in [3.05, 3.63) is 29.8 Å². The predicted molar refractivity (Wildman–Crippen MR) is 95.5 cm³/mol. The number of hydrogen-bond acceptors (Lipinski definition) is 4. The van der Waals surface area contributed by atoms with Crippen LogP contribution in [0.25, 0.3) is 0 Å². The first kappa shape index (κ1) is 20.2. The van der Waals surface area contributed by atoms with Crippen LogP contribution in [0.15, 0.2) is 24.3 Å². The molecule has 24 heavy (non-hydrogen) atoms. The van der Waals surface area contributed by atoms with Gasteiger partial charge in [-0.25, -0.2) is 0 Å². The average Bonchev–Trinajstić information content (AvgIpc) is 2.59. The number of unbranched alkanes of at least 4 members (excludes halogenated alkanes) is 4. The average molecular weight is 334 g/mol. The van der Waals surface area contributed by atoms with Crippen molar-refractivity contribution in [2.75, 3.05) is 13.2 Å². The van der Waals surface area contributed by atoms with Gasteiger partial charge in [-0.05, 0) is 50.5 Å². The van der Waals surface area contributed by atoms with Crippen LogP contribution in [0, 0.1) is 0 Å². The third-order valence-electron chi connectivity index (χ3n) is 3.78. The van der Waals surface area contributed by atoms with Crippen molar-refractivity contribution < 1.29 is 19.1 Å². The van der Waals surface area contributed by atoms with Crippen LogP contribution < -0.4 is 4.74 Å². The maximum atomic E-state index is 12.1. The summed E-state index contributed by atoms with van der Waals surface area (Å²) in [7, 11) is 0. The maximum Gasteiger partial charge on any atom is 0.305 e. The second kappa shape index (κ2) is 12.6. The molecule has 0 heterocycles. The first-order valence-corrected chi connectivity index (χ1v) is 9.09. The Bertz CT molecular complexity index is 479. The third-order valence-corrected chi connectivity index (χ3v) is 3.78. The van der Waals surface area contributed by atoms with E-state index in [-0.39, 0.29) is 11.8 Å². The summed E-state index contributed by atoms with van der Waals surface area (Å²) in [5.41, 5.74) is 0.723. The van der Waals surface area contributed by atoms with E-state index in [4.69, 9.17) is 9.47 Å². The van der Waals surface area contributed by atoms with Crippen molar-refractivity contribution in [3.63, 3.8) is 0 Å². The van der Waals surface area contributed by atoms with Gasteiger partial charge in [0.05, 0.1) is 13.2 Å². The molecule has 0 aromatic heterocycles. The van der Waals surface area contributed by atoms with Gasteiger partial charge in [0.2, 0.25) is 0 Å². The zero-order chi connectivity index (χ0) is 17.6. The Kier molecular flexibility index (Phi) is 10.6. The van der Waals surface area contributed by atoms with Crippen LogP contribution in [-0.2, 0) is 9.53 Å². The van der Waals surface area contributed by atoms with Gasteiger partial charge in [0.25, 0.3) is 0 Å². The number of carbonyl (C=O) groups excluding carboxylic acids is 2.